The molecule has 0 saturated heterocycles. The monoisotopic (exact) mass is 745 g/mol. The number of anilines is 3. The number of rotatable bonds is 18. The Kier molecular flexibility index (Phi) is 12.7. The number of hydrogen-bond acceptors (Lipinski definition) is 8. The number of halogens is 2. The first-order chi connectivity index (χ1) is 24.1. The summed E-state index contributed by atoms with van der Waals surface area (Å²) in [5.74, 6) is -4.96. The molecule has 0 aromatic heterocycles. The molecule has 1 amide bonds. The van der Waals surface area contributed by atoms with Crippen LogP contribution in [0.1, 0.15) is 44.7 Å². The van der Waals surface area contributed by atoms with E-state index >= 15 is 0 Å². The van der Waals surface area contributed by atoms with Crippen molar-refractivity contribution in [3.8, 4) is 5.75 Å². The van der Waals surface area contributed by atoms with Gasteiger partial charge in [0.1, 0.15) is 17.4 Å². The number of amides is 1. The third kappa shape index (κ3) is 12.1. The number of benzene rings is 4. The van der Waals surface area contributed by atoms with Crippen molar-refractivity contribution in [2.24, 2.45) is 0 Å². The number of hydrogen-bond donors (Lipinski definition) is 5. The second kappa shape index (κ2) is 16.9. The largest absolute Gasteiger partial charge is 0.494 e. The van der Waals surface area contributed by atoms with Crippen LogP contribution in [0.2, 0.25) is 0 Å². The van der Waals surface area contributed by atoms with Crippen molar-refractivity contribution in [1.82, 2.24) is 0 Å². The number of aryl methyl sites for hydroxylation is 2. The predicted molar refractivity (Wildman–Crippen MR) is 185 cm³/mol. The van der Waals surface area contributed by atoms with Crippen LogP contribution in [0.25, 0.3) is 0 Å². The summed E-state index contributed by atoms with van der Waals surface area (Å²) in [6.07, 6.45) is 0.202. The Hall–Kier alpha value is -5.55. The van der Waals surface area contributed by atoms with Crippen LogP contribution in [-0.4, -0.2) is 63.0 Å². The second-order valence-electron chi connectivity index (χ2n) is 11.2. The van der Waals surface area contributed by atoms with Gasteiger partial charge in [0.2, 0.25) is 26.0 Å². The van der Waals surface area contributed by atoms with Gasteiger partial charge in [-0.05, 0) is 91.1 Å². The summed E-state index contributed by atoms with van der Waals surface area (Å²) in [7, 11) is -7.95. The molecule has 0 heterocycles. The molecular formula is C34H33F2N3O10S2. The fraction of sp³-hybridized carbons (Fsp3) is 0.206. The molecule has 4 aromatic carbocycles. The van der Waals surface area contributed by atoms with Crippen molar-refractivity contribution in [3.05, 3.63) is 119 Å². The first-order valence-electron chi connectivity index (χ1n) is 15.3. The van der Waals surface area contributed by atoms with Gasteiger partial charge in [-0.2, -0.15) is 0 Å². The van der Waals surface area contributed by atoms with Crippen molar-refractivity contribution < 1.29 is 54.9 Å². The van der Waals surface area contributed by atoms with Crippen LogP contribution in [0.15, 0.2) is 84.9 Å². The van der Waals surface area contributed by atoms with Crippen LogP contribution in [0.4, 0.5) is 25.8 Å². The lowest BCUT2D eigenvalue weighted by Gasteiger charge is -2.13. The molecule has 4 rings (SSSR count). The summed E-state index contributed by atoms with van der Waals surface area (Å²) < 4.78 is 86.6. The Morgan fingerprint density at radius 1 is 0.647 bits per heavy atom. The molecule has 0 unspecified atom stereocenters. The number of carbonyl (C=O) groups is 3. The highest BCUT2D eigenvalue weighted by Crippen LogP contribution is 2.25. The predicted octanol–water partition coefficient (Wildman–Crippen LogP) is 5.13. The zero-order chi connectivity index (χ0) is 37.2. The van der Waals surface area contributed by atoms with Crippen molar-refractivity contribution in [2.75, 3.05) is 32.9 Å². The van der Waals surface area contributed by atoms with Crippen molar-refractivity contribution >= 4 is 55.0 Å². The van der Waals surface area contributed by atoms with Gasteiger partial charge in [-0.15, -0.1) is 0 Å². The number of sulfonamides is 2. The van der Waals surface area contributed by atoms with Gasteiger partial charge in [-0.1, -0.05) is 24.3 Å². The van der Waals surface area contributed by atoms with Crippen LogP contribution < -0.4 is 19.5 Å². The van der Waals surface area contributed by atoms with Crippen molar-refractivity contribution in [3.63, 3.8) is 0 Å². The van der Waals surface area contributed by atoms with Gasteiger partial charge in [0, 0.05) is 12.1 Å². The van der Waals surface area contributed by atoms with E-state index in [-0.39, 0.29) is 66.4 Å². The lowest BCUT2D eigenvalue weighted by atomic mass is 10.1. The van der Waals surface area contributed by atoms with Crippen LogP contribution in [0.5, 0.6) is 5.75 Å². The fourth-order valence-corrected chi connectivity index (χ4v) is 6.90. The normalized spacial score (nSPS) is 11.4. The fourth-order valence-electron chi connectivity index (χ4n) is 4.66. The zero-order valence-electron chi connectivity index (χ0n) is 26.8. The average molecular weight is 746 g/mol. The molecule has 0 fully saturated rings. The van der Waals surface area contributed by atoms with Gasteiger partial charge in [0.25, 0.3) is 0 Å². The first kappa shape index (κ1) is 38.3. The molecule has 270 valence electrons. The third-order valence-electron chi connectivity index (χ3n) is 7.25. The van der Waals surface area contributed by atoms with E-state index in [0.717, 1.165) is 12.1 Å². The number of ether oxygens (including phenoxy) is 1. The molecule has 0 aliphatic rings. The lowest BCUT2D eigenvalue weighted by Crippen LogP contribution is -2.20. The first-order valence-corrected chi connectivity index (χ1v) is 18.6. The lowest BCUT2D eigenvalue weighted by molar-refractivity contribution is -0.116. The van der Waals surface area contributed by atoms with E-state index in [1.54, 1.807) is 0 Å². The molecule has 0 aliphatic carbocycles. The van der Waals surface area contributed by atoms with Gasteiger partial charge in [-0.25, -0.2) is 35.2 Å². The van der Waals surface area contributed by atoms with Crippen LogP contribution in [0.3, 0.4) is 0 Å². The molecular weight excluding hydrogens is 713 g/mol. The highest BCUT2D eigenvalue weighted by Gasteiger charge is 2.20. The van der Waals surface area contributed by atoms with E-state index in [9.17, 15) is 50.2 Å². The van der Waals surface area contributed by atoms with Gasteiger partial charge < -0.3 is 20.3 Å². The third-order valence-corrected chi connectivity index (χ3v) is 9.79. The molecule has 17 heteroatoms. The average Bonchev–Trinajstić information content (AvgIpc) is 3.07. The summed E-state index contributed by atoms with van der Waals surface area (Å²) in [6.45, 7) is -0.0335. The van der Waals surface area contributed by atoms with Crippen LogP contribution in [0, 0.1) is 11.6 Å². The second-order valence-corrected chi connectivity index (χ2v) is 14.9. The number of carboxylic acids is 2. The molecule has 4 aromatic rings. The Morgan fingerprint density at radius 2 is 1.12 bits per heavy atom. The Morgan fingerprint density at radius 3 is 1.61 bits per heavy atom. The number of aromatic carboxylic acids is 2. The van der Waals surface area contributed by atoms with E-state index in [1.165, 1.54) is 72.8 Å². The van der Waals surface area contributed by atoms with Crippen LogP contribution in [-0.2, 0) is 37.7 Å². The molecule has 5 N–H and O–H groups in total. The van der Waals surface area contributed by atoms with Crippen molar-refractivity contribution in [2.45, 2.75) is 25.7 Å². The number of carbonyl (C=O) groups excluding carboxylic acids is 1. The molecule has 0 saturated carbocycles. The molecule has 0 radical (unpaired) electrons. The van der Waals surface area contributed by atoms with Gasteiger partial charge in [-0.3, -0.25) is 14.2 Å². The number of carboxylic acid groups (broad SMARTS) is 2. The minimum Gasteiger partial charge on any atom is -0.494 e. The summed E-state index contributed by atoms with van der Waals surface area (Å²) in [6, 6.07) is 17.9. The molecule has 51 heavy (non-hydrogen) atoms. The van der Waals surface area contributed by atoms with E-state index in [1.807, 2.05) is 0 Å². The topological polar surface area (TPSA) is 205 Å². The molecule has 0 spiro atoms. The minimum absolute atomic E-state index is 0.0335. The van der Waals surface area contributed by atoms with E-state index in [2.05, 4.69) is 14.8 Å². The van der Waals surface area contributed by atoms with Gasteiger partial charge in [0.05, 0.1) is 40.6 Å². The van der Waals surface area contributed by atoms with Gasteiger partial charge in [0.15, 0.2) is 0 Å². The summed E-state index contributed by atoms with van der Waals surface area (Å²) in [5, 5.41) is 21.8. The highest BCUT2D eigenvalue weighted by molar-refractivity contribution is 7.93. The smallest absolute Gasteiger partial charge is 0.337 e. The van der Waals surface area contributed by atoms with Gasteiger partial charge >= 0.3 is 11.9 Å². The summed E-state index contributed by atoms with van der Waals surface area (Å²) >= 11 is 0. The van der Waals surface area contributed by atoms with E-state index < -0.39 is 60.8 Å². The molecule has 0 atom stereocenters. The zero-order valence-corrected chi connectivity index (χ0v) is 28.4. The molecule has 0 aliphatic heterocycles. The Labute approximate surface area is 292 Å². The SMILES string of the molecule is O=C(CCCOc1ccc(NS(=O)(=O)CCc2ccc(F)cc2)c(C(=O)O)c1)Nc1ccc(NS(=O)(=O)CCc2ccc(F)cc2)c(C(=O)O)c1. The Balaban J connectivity index is 1.27. The minimum atomic E-state index is -3.99. The van der Waals surface area contributed by atoms with E-state index in [0.29, 0.717) is 11.1 Å². The standard InChI is InChI=1S/C34H33F2N3O10S2/c35-24-7-3-22(4-8-24)15-18-50(45,46)38-30-13-11-26(20-28(30)33(41)42)37-32(40)2-1-17-49-27-12-14-31(29(21-27)34(43)44)39-51(47,48)19-16-23-5-9-25(36)10-6-23/h3-14,20-21,38-39H,1-2,15-19H2,(H,37,40)(H,41,42)(H,43,44). The molecule has 0 bridgehead atoms. The summed E-state index contributed by atoms with van der Waals surface area (Å²) in [5.41, 5.74) is 0.0737. The maximum absolute atomic E-state index is 13.1. The maximum atomic E-state index is 13.1. The quantitative estimate of drug-likeness (QED) is 0.0850. The van der Waals surface area contributed by atoms with E-state index in [4.69, 9.17) is 4.74 Å². The summed E-state index contributed by atoms with van der Waals surface area (Å²) in [4.78, 5) is 36.3. The van der Waals surface area contributed by atoms with Crippen LogP contribution >= 0.6 is 0 Å². The highest BCUT2D eigenvalue weighted by atomic mass is 32.2. The van der Waals surface area contributed by atoms with Crippen molar-refractivity contribution in [1.29, 1.82) is 0 Å². The molecule has 13 nitrogen and oxygen atoms in total. The number of nitrogens with one attached hydrogen (secondary N) is 3. The maximum Gasteiger partial charge on any atom is 0.337 e. The Bertz CT molecular complexity index is 2110.